The van der Waals surface area contributed by atoms with Gasteiger partial charge in [-0.3, -0.25) is 4.79 Å². The van der Waals surface area contributed by atoms with Gasteiger partial charge in [0.05, 0.1) is 6.54 Å². The van der Waals surface area contributed by atoms with E-state index in [0.717, 1.165) is 66.1 Å². The number of hydrogen-bond acceptors (Lipinski definition) is 3. The van der Waals surface area contributed by atoms with Crippen LogP contribution in [0.25, 0.3) is 0 Å². The summed E-state index contributed by atoms with van der Waals surface area (Å²) in [5.41, 5.74) is 2.06. The molecule has 0 saturated heterocycles. The van der Waals surface area contributed by atoms with Gasteiger partial charge >= 0.3 is 0 Å². The summed E-state index contributed by atoms with van der Waals surface area (Å²) in [6.07, 6.45) is 16.0. The van der Waals surface area contributed by atoms with E-state index in [0.29, 0.717) is 24.2 Å². The van der Waals surface area contributed by atoms with Crippen LogP contribution in [0.5, 0.6) is 0 Å². The maximum absolute atomic E-state index is 13.7. The van der Waals surface area contributed by atoms with E-state index >= 15 is 0 Å². The fourth-order valence-corrected chi connectivity index (χ4v) is 10.1. The van der Waals surface area contributed by atoms with E-state index in [9.17, 15) is 4.79 Å². The highest BCUT2D eigenvalue weighted by atomic mass is 16.1. The van der Waals surface area contributed by atoms with Gasteiger partial charge < -0.3 is 10.7 Å². The van der Waals surface area contributed by atoms with Crippen LogP contribution >= 0.6 is 0 Å². The third kappa shape index (κ3) is 4.04. The second-order valence-electron chi connectivity index (χ2n) is 13.2. The minimum atomic E-state index is 0.179. The Morgan fingerprint density at radius 1 is 1.00 bits per heavy atom. The topological polar surface area (TPSA) is 53.0 Å². The van der Waals surface area contributed by atoms with Crippen molar-refractivity contribution in [3.8, 4) is 0 Å². The van der Waals surface area contributed by atoms with Gasteiger partial charge in [-0.1, -0.05) is 34.1 Å². The summed E-state index contributed by atoms with van der Waals surface area (Å²) in [4.78, 5) is 13.7. The van der Waals surface area contributed by atoms with Crippen LogP contribution in [0.1, 0.15) is 98.3 Å². The second kappa shape index (κ2) is 9.15. The molecule has 0 heterocycles. The Morgan fingerprint density at radius 2 is 1.76 bits per heavy atom. The number of allylic oxidation sites excluding steroid dienone is 1. The minimum absolute atomic E-state index is 0.179. The average molecular weight is 453 g/mol. The molecule has 0 aliphatic heterocycles. The van der Waals surface area contributed by atoms with Crippen molar-refractivity contribution in [2.24, 2.45) is 58.7 Å². The number of ketones is 1. The minimum Gasteiger partial charge on any atom is -0.384 e. The Balaban J connectivity index is 1.30. The molecule has 0 spiro atoms. The molecule has 3 nitrogen and oxygen atoms in total. The zero-order chi connectivity index (χ0) is 23.3. The molecular formula is C30H48N2O. The Hall–Kier alpha value is -1.12. The number of hydrogen-bond donors (Lipinski definition) is 2. The van der Waals surface area contributed by atoms with Crippen molar-refractivity contribution in [1.29, 1.82) is 5.41 Å². The smallest absolute Gasteiger partial charge is 0.155 e. The molecule has 0 aromatic heterocycles. The van der Waals surface area contributed by atoms with Gasteiger partial charge in [0, 0.05) is 17.8 Å². The molecule has 5 fully saturated rings. The number of carbonyl (C=O) groups is 1. The highest BCUT2D eigenvalue weighted by Crippen LogP contribution is 2.67. The number of Topliss-reactive ketones (excluding diaryl/α,β-unsaturated/α-hetero) is 1. The van der Waals surface area contributed by atoms with E-state index in [1.165, 1.54) is 51.4 Å². The first-order valence-electron chi connectivity index (χ1n) is 14.3. The van der Waals surface area contributed by atoms with Gasteiger partial charge in [-0.25, -0.2) is 0 Å². The summed E-state index contributed by atoms with van der Waals surface area (Å²) in [5.74, 6) is 7.16. The highest BCUT2D eigenvalue weighted by Gasteiger charge is 2.62. The lowest BCUT2D eigenvalue weighted by Crippen LogP contribution is -2.50. The Morgan fingerprint density at radius 3 is 2.55 bits per heavy atom. The van der Waals surface area contributed by atoms with Crippen molar-refractivity contribution < 1.29 is 4.79 Å². The molecule has 2 N–H and O–H groups in total. The Kier molecular flexibility index (Phi) is 6.55. The summed E-state index contributed by atoms with van der Waals surface area (Å²) in [5, 5.41) is 11.5. The predicted octanol–water partition coefficient (Wildman–Crippen LogP) is 7.02. The van der Waals surface area contributed by atoms with Crippen LogP contribution < -0.4 is 5.32 Å². The lowest BCUT2D eigenvalue weighted by atomic mass is 9.48. The number of nitrogens with one attached hydrogen (secondary N) is 2. The summed E-state index contributed by atoms with van der Waals surface area (Å²) in [6, 6.07) is 0. The van der Waals surface area contributed by atoms with Crippen molar-refractivity contribution in [3.63, 3.8) is 0 Å². The zero-order valence-corrected chi connectivity index (χ0v) is 21.7. The van der Waals surface area contributed by atoms with Crippen LogP contribution in [0.15, 0.2) is 11.8 Å². The molecule has 0 radical (unpaired) electrons. The molecule has 10 atom stereocenters. The molecular weight excluding hydrogens is 404 g/mol. The molecule has 2 unspecified atom stereocenters. The third-order valence-corrected chi connectivity index (χ3v) is 11.6. The standard InChI is InChI=1S/C30H48N2O/c1-18-9-11-23-21(15-18)10-12-25-24(23)13-14-30(4)28(25)19(2)20(3)29(30)27(33)17-32-16-22-7-5-6-8-26(22)31/h16,18-21,23-25,28-29,31-32H,5-15,17H2,1-4H3/b22-16-,31-26?/t18-,19-,20-,21+,23-,24?,25+,28?,29+,30-/m0/s1. The van der Waals surface area contributed by atoms with Gasteiger partial charge in [0.2, 0.25) is 0 Å². The lowest BCUT2D eigenvalue weighted by Gasteiger charge is -2.56. The van der Waals surface area contributed by atoms with E-state index in [2.05, 4.69) is 33.0 Å². The fraction of sp³-hybridized carbons (Fsp3) is 0.867. The van der Waals surface area contributed by atoms with Crippen molar-refractivity contribution in [2.45, 2.75) is 98.3 Å². The number of carbonyl (C=O) groups excluding carboxylic acids is 1. The van der Waals surface area contributed by atoms with Crippen LogP contribution in [-0.2, 0) is 4.79 Å². The van der Waals surface area contributed by atoms with Crippen LogP contribution in [0.2, 0.25) is 0 Å². The molecule has 5 rings (SSSR count). The molecule has 33 heavy (non-hydrogen) atoms. The van der Waals surface area contributed by atoms with Crippen molar-refractivity contribution >= 4 is 11.5 Å². The molecule has 0 amide bonds. The maximum Gasteiger partial charge on any atom is 0.155 e. The van der Waals surface area contributed by atoms with Crippen molar-refractivity contribution in [1.82, 2.24) is 5.32 Å². The van der Waals surface area contributed by atoms with Crippen LogP contribution in [0.3, 0.4) is 0 Å². The van der Waals surface area contributed by atoms with Gasteiger partial charge in [-0.05, 0) is 123 Å². The van der Waals surface area contributed by atoms with Gasteiger partial charge in [-0.2, -0.15) is 0 Å². The Labute approximate surface area is 202 Å². The number of fused-ring (bicyclic) bond motifs is 5. The first-order valence-corrected chi connectivity index (χ1v) is 14.3. The second-order valence-corrected chi connectivity index (χ2v) is 13.2. The lowest BCUT2D eigenvalue weighted by molar-refractivity contribution is -0.130. The monoisotopic (exact) mass is 452 g/mol. The van der Waals surface area contributed by atoms with E-state index in [1.54, 1.807) is 0 Å². The van der Waals surface area contributed by atoms with Crippen LogP contribution in [0.4, 0.5) is 0 Å². The highest BCUT2D eigenvalue weighted by molar-refractivity contribution is 5.98. The molecule has 3 heteroatoms. The van der Waals surface area contributed by atoms with Gasteiger partial charge in [0.1, 0.15) is 0 Å². The van der Waals surface area contributed by atoms with E-state index in [-0.39, 0.29) is 11.3 Å². The molecule has 0 bridgehead atoms. The van der Waals surface area contributed by atoms with E-state index < -0.39 is 0 Å². The first-order chi connectivity index (χ1) is 15.8. The molecule has 0 aromatic carbocycles. The summed E-state index contributed by atoms with van der Waals surface area (Å²) < 4.78 is 0. The third-order valence-electron chi connectivity index (χ3n) is 11.6. The van der Waals surface area contributed by atoms with Gasteiger partial charge in [-0.15, -0.1) is 0 Å². The Bertz CT molecular complexity index is 801. The molecule has 184 valence electrons. The average Bonchev–Trinajstić information content (AvgIpc) is 3.00. The van der Waals surface area contributed by atoms with Crippen LogP contribution in [0, 0.1) is 64.1 Å². The van der Waals surface area contributed by atoms with Crippen LogP contribution in [-0.4, -0.2) is 18.0 Å². The molecule has 5 aliphatic rings. The summed E-state index contributed by atoms with van der Waals surface area (Å²) in [6.45, 7) is 10.3. The predicted molar refractivity (Wildman–Crippen MR) is 136 cm³/mol. The largest absolute Gasteiger partial charge is 0.384 e. The number of rotatable bonds is 4. The van der Waals surface area contributed by atoms with Gasteiger partial charge in [0.25, 0.3) is 0 Å². The summed E-state index contributed by atoms with van der Waals surface area (Å²) >= 11 is 0. The molecule has 0 aromatic rings. The first kappa shape index (κ1) is 23.6. The molecule has 5 saturated carbocycles. The van der Waals surface area contributed by atoms with E-state index in [1.807, 2.05) is 6.20 Å². The molecule has 5 aliphatic carbocycles. The zero-order valence-electron chi connectivity index (χ0n) is 21.7. The SMILES string of the molecule is C[C@H]1CC[C@@H]2C3CC[C@@]4(C)C([C@@H]3CC[C@@H]2C1)[C@@H](C)[C@H](C)[C@@H]4C(=O)CN/C=C1/CCCCC1=N. The van der Waals surface area contributed by atoms with Gasteiger partial charge in [0.15, 0.2) is 5.78 Å². The summed E-state index contributed by atoms with van der Waals surface area (Å²) in [7, 11) is 0. The fourth-order valence-electron chi connectivity index (χ4n) is 10.1. The van der Waals surface area contributed by atoms with E-state index in [4.69, 9.17) is 5.41 Å². The normalized spacial score (nSPS) is 48.7. The van der Waals surface area contributed by atoms with Crippen molar-refractivity contribution in [2.75, 3.05) is 6.54 Å². The quantitative estimate of drug-likeness (QED) is 0.481. The van der Waals surface area contributed by atoms with Crippen molar-refractivity contribution in [3.05, 3.63) is 11.8 Å². The maximum atomic E-state index is 13.7.